The number of nitrogen functional groups attached to an aromatic ring is 1. The maximum Gasteiger partial charge on any atom is 0.261 e. The van der Waals surface area contributed by atoms with Crippen molar-refractivity contribution < 1.29 is 0 Å². The summed E-state index contributed by atoms with van der Waals surface area (Å²) in [4.78, 5) is 16.7. The fourth-order valence-corrected chi connectivity index (χ4v) is 2.56. The van der Waals surface area contributed by atoms with Gasteiger partial charge in [-0.1, -0.05) is 23.5 Å². The number of nitrogens with zero attached hydrogens (tertiary/aromatic N) is 4. The van der Waals surface area contributed by atoms with Crippen molar-refractivity contribution in [3.05, 3.63) is 45.5 Å². The molecule has 0 saturated heterocycles. The van der Waals surface area contributed by atoms with Crippen molar-refractivity contribution in [2.24, 2.45) is 0 Å². The largest absolute Gasteiger partial charge is 0.374 e. The SMILES string of the molecule is Cc1cccc2ncn(Cc3nnc(N)s3)c(=O)c12. The van der Waals surface area contributed by atoms with Gasteiger partial charge in [0.15, 0.2) is 0 Å². The van der Waals surface area contributed by atoms with Crippen molar-refractivity contribution >= 4 is 27.4 Å². The highest BCUT2D eigenvalue weighted by atomic mass is 32.1. The highest BCUT2D eigenvalue weighted by Gasteiger charge is 2.08. The molecule has 3 rings (SSSR count). The third kappa shape index (κ3) is 2.08. The maximum atomic E-state index is 12.4. The fourth-order valence-electron chi connectivity index (χ4n) is 1.95. The fraction of sp³-hybridized carbons (Fsp3) is 0.167. The predicted octanol–water partition coefficient (Wildman–Crippen LogP) is 1.19. The van der Waals surface area contributed by atoms with Crippen LogP contribution in [0.5, 0.6) is 0 Å². The average Bonchev–Trinajstić information content (AvgIpc) is 2.78. The van der Waals surface area contributed by atoms with Crippen LogP contribution >= 0.6 is 11.3 Å². The lowest BCUT2D eigenvalue weighted by Gasteiger charge is -2.05. The van der Waals surface area contributed by atoms with E-state index in [1.165, 1.54) is 22.2 Å². The summed E-state index contributed by atoms with van der Waals surface area (Å²) in [7, 11) is 0. The molecular weight excluding hydrogens is 262 g/mol. The summed E-state index contributed by atoms with van der Waals surface area (Å²) in [5.41, 5.74) is 7.08. The Hall–Kier alpha value is -2.28. The standard InChI is InChI=1S/C12H11N5OS/c1-7-3-2-4-8-10(7)11(18)17(6-14-8)5-9-15-16-12(13)19-9/h2-4,6H,5H2,1H3,(H2,13,16). The Morgan fingerprint density at radius 3 is 2.95 bits per heavy atom. The number of anilines is 1. The van der Waals surface area contributed by atoms with E-state index in [0.29, 0.717) is 27.6 Å². The van der Waals surface area contributed by atoms with Crippen molar-refractivity contribution in [3.63, 3.8) is 0 Å². The zero-order valence-electron chi connectivity index (χ0n) is 10.2. The molecule has 0 aliphatic heterocycles. The highest BCUT2D eigenvalue weighted by molar-refractivity contribution is 7.15. The van der Waals surface area contributed by atoms with Crippen LogP contribution in [0.2, 0.25) is 0 Å². The Kier molecular flexibility index (Phi) is 2.75. The summed E-state index contributed by atoms with van der Waals surface area (Å²) in [5.74, 6) is 0. The van der Waals surface area contributed by atoms with Gasteiger partial charge in [-0.3, -0.25) is 9.36 Å². The number of fused-ring (bicyclic) bond motifs is 1. The van der Waals surface area contributed by atoms with Crippen LogP contribution in [-0.4, -0.2) is 19.7 Å². The molecule has 96 valence electrons. The number of benzene rings is 1. The normalized spacial score (nSPS) is 11.0. The monoisotopic (exact) mass is 273 g/mol. The molecule has 0 radical (unpaired) electrons. The molecular formula is C12H11N5OS. The Morgan fingerprint density at radius 2 is 2.21 bits per heavy atom. The maximum absolute atomic E-state index is 12.4. The number of hydrogen-bond acceptors (Lipinski definition) is 6. The van der Waals surface area contributed by atoms with Gasteiger partial charge in [0.05, 0.1) is 23.8 Å². The third-order valence-electron chi connectivity index (χ3n) is 2.85. The smallest absolute Gasteiger partial charge is 0.261 e. The van der Waals surface area contributed by atoms with Gasteiger partial charge in [0, 0.05) is 0 Å². The van der Waals surface area contributed by atoms with E-state index in [-0.39, 0.29) is 5.56 Å². The molecule has 0 atom stereocenters. The van der Waals surface area contributed by atoms with Crippen molar-refractivity contribution in [2.45, 2.75) is 13.5 Å². The van der Waals surface area contributed by atoms with Crippen LogP contribution < -0.4 is 11.3 Å². The third-order valence-corrected chi connectivity index (χ3v) is 3.59. The van der Waals surface area contributed by atoms with Crippen LogP contribution in [0.3, 0.4) is 0 Å². The topological polar surface area (TPSA) is 86.7 Å². The summed E-state index contributed by atoms with van der Waals surface area (Å²) < 4.78 is 1.52. The van der Waals surface area contributed by atoms with Crippen molar-refractivity contribution in [1.29, 1.82) is 0 Å². The Morgan fingerprint density at radius 1 is 1.37 bits per heavy atom. The Bertz CT molecular complexity index is 807. The zero-order chi connectivity index (χ0) is 13.4. The van der Waals surface area contributed by atoms with Crippen LogP contribution in [0.1, 0.15) is 10.6 Å². The van der Waals surface area contributed by atoms with E-state index in [2.05, 4.69) is 15.2 Å². The van der Waals surface area contributed by atoms with Crippen molar-refractivity contribution in [3.8, 4) is 0 Å². The first-order valence-electron chi connectivity index (χ1n) is 5.68. The molecule has 0 unspecified atom stereocenters. The van der Waals surface area contributed by atoms with E-state index in [1.54, 1.807) is 0 Å². The lowest BCUT2D eigenvalue weighted by Crippen LogP contribution is -2.21. The summed E-state index contributed by atoms with van der Waals surface area (Å²) in [6, 6.07) is 5.62. The van der Waals surface area contributed by atoms with E-state index in [9.17, 15) is 4.79 Å². The number of rotatable bonds is 2. The van der Waals surface area contributed by atoms with E-state index < -0.39 is 0 Å². The van der Waals surface area contributed by atoms with E-state index >= 15 is 0 Å². The minimum atomic E-state index is -0.0723. The number of aryl methyl sites for hydroxylation is 1. The minimum Gasteiger partial charge on any atom is -0.374 e. The van der Waals surface area contributed by atoms with Gasteiger partial charge in [0.1, 0.15) is 5.01 Å². The van der Waals surface area contributed by atoms with Crippen molar-refractivity contribution in [2.75, 3.05) is 5.73 Å². The van der Waals surface area contributed by atoms with Gasteiger partial charge in [-0.2, -0.15) is 0 Å². The summed E-state index contributed by atoms with van der Waals surface area (Å²) >= 11 is 1.27. The first-order chi connectivity index (χ1) is 9.15. The molecule has 0 aliphatic carbocycles. The number of nitrogens with two attached hydrogens (primary N) is 1. The zero-order valence-corrected chi connectivity index (χ0v) is 11.0. The van der Waals surface area contributed by atoms with Crippen LogP contribution in [0.15, 0.2) is 29.3 Å². The Balaban J connectivity index is 2.13. The van der Waals surface area contributed by atoms with E-state index in [0.717, 1.165) is 5.56 Å². The highest BCUT2D eigenvalue weighted by Crippen LogP contribution is 2.14. The average molecular weight is 273 g/mol. The lowest BCUT2D eigenvalue weighted by molar-refractivity contribution is 0.734. The minimum absolute atomic E-state index is 0.0723. The first-order valence-corrected chi connectivity index (χ1v) is 6.49. The van der Waals surface area contributed by atoms with Crippen LogP contribution in [-0.2, 0) is 6.54 Å². The molecule has 0 aliphatic rings. The quantitative estimate of drug-likeness (QED) is 0.757. The second-order valence-corrected chi connectivity index (χ2v) is 5.27. The lowest BCUT2D eigenvalue weighted by atomic mass is 10.1. The molecule has 6 nitrogen and oxygen atoms in total. The molecule has 2 N–H and O–H groups in total. The van der Waals surface area contributed by atoms with Crippen LogP contribution in [0.25, 0.3) is 10.9 Å². The molecule has 1 aromatic carbocycles. The molecule has 0 fully saturated rings. The van der Waals surface area contributed by atoms with Gasteiger partial charge in [-0.05, 0) is 18.6 Å². The molecule has 3 aromatic rings. The molecule has 7 heteroatoms. The number of aromatic nitrogens is 4. The van der Waals surface area contributed by atoms with Gasteiger partial charge in [0.25, 0.3) is 5.56 Å². The summed E-state index contributed by atoms with van der Waals surface area (Å²) in [5, 5.41) is 9.37. The second-order valence-electron chi connectivity index (χ2n) is 4.18. The van der Waals surface area contributed by atoms with Gasteiger partial charge >= 0.3 is 0 Å². The predicted molar refractivity (Wildman–Crippen MR) is 74.2 cm³/mol. The summed E-state index contributed by atoms with van der Waals surface area (Å²) in [6.45, 7) is 2.24. The molecule has 0 amide bonds. The molecule has 0 bridgehead atoms. The molecule has 0 spiro atoms. The van der Waals surface area contributed by atoms with Gasteiger partial charge in [0.2, 0.25) is 5.13 Å². The van der Waals surface area contributed by atoms with Gasteiger partial charge in [-0.25, -0.2) is 4.98 Å². The molecule has 19 heavy (non-hydrogen) atoms. The van der Waals surface area contributed by atoms with Gasteiger partial charge < -0.3 is 5.73 Å². The number of hydrogen-bond donors (Lipinski definition) is 1. The van der Waals surface area contributed by atoms with E-state index in [1.807, 2.05) is 25.1 Å². The molecule has 2 heterocycles. The first kappa shape index (κ1) is 11.8. The molecule has 2 aromatic heterocycles. The van der Waals surface area contributed by atoms with Gasteiger partial charge in [-0.15, -0.1) is 10.2 Å². The summed E-state index contributed by atoms with van der Waals surface area (Å²) in [6.07, 6.45) is 1.53. The second kappa shape index (κ2) is 4.43. The Labute approximate surface area is 112 Å². The van der Waals surface area contributed by atoms with Crippen LogP contribution in [0, 0.1) is 6.92 Å². The molecule has 0 saturated carbocycles. The van der Waals surface area contributed by atoms with Crippen molar-refractivity contribution in [1.82, 2.24) is 19.7 Å². The van der Waals surface area contributed by atoms with E-state index in [4.69, 9.17) is 5.73 Å². The van der Waals surface area contributed by atoms with Crippen LogP contribution in [0.4, 0.5) is 5.13 Å².